The number of nitrogens with one attached hydrogen (secondary N) is 1. The van der Waals surface area contributed by atoms with Gasteiger partial charge in [0.25, 0.3) is 5.91 Å². The van der Waals surface area contributed by atoms with Gasteiger partial charge in [-0.05, 0) is 43.7 Å². The Morgan fingerprint density at radius 1 is 1.40 bits per heavy atom. The summed E-state index contributed by atoms with van der Waals surface area (Å²) in [6, 6.07) is 4.27. The van der Waals surface area contributed by atoms with Crippen LogP contribution >= 0.6 is 0 Å². The molecule has 0 unspecified atom stereocenters. The van der Waals surface area contributed by atoms with Crippen LogP contribution < -0.4 is 10.1 Å². The van der Waals surface area contributed by atoms with Gasteiger partial charge in [-0.25, -0.2) is 4.39 Å². The van der Waals surface area contributed by atoms with Crippen molar-refractivity contribution in [1.82, 2.24) is 5.32 Å². The summed E-state index contributed by atoms with van der Waals surface area (Å²) in [5.74, 6) is -0.244. The van der Waals surface area contributed by atoms with Crippen molar-refractivity contribution >= 4 is 5.91 Å². The molecule has 1 saturated carbocycles. The van der Waals surface area contributed by atoms with Crippen molar-refractivity contribution in [3.05, 3.63) is 29.6 Å². The Kier molecular flexibility index (Phi) is 4.95. The topological polar surface area (TPSA) is 58.6 Å². The van der Waals surface area contributed by atoms with E-state index in [0.717, 1.165) is 25.7 Å². The Balaban J connectivity index is 1.95. The van der Waals surface area contributed by atoms with Gasteiger partial charge in [0.15, 0.2) is 0 Å². The fourth-order valence-electron chi connectivity index (χ4n) is 2.56. The molecule has 110 valence electrons. The molecule has 5 heteroatoms. The number of ether oxygens (including phenoxy) is 1. The number of hydrogen-bond acceptors (Lipinski definition) is 3. The number of methoxy groups -OCH3 is 1. The van der Waals surface area contributed by atoms with E-state index >= 15 is 0 Å². The Bertz CT molecular complexity index is 470. The smallest absolute Gasteiger partial charge is 0.254 e. The molecule has 4 nitrogen and oxygen atoms in total. The zero-order valence-corrected chi connectivity index (χ0v) is 11.6. The highest BCUT2D eigenvalue weighted by molar-refractivity contribution is 5.94. The number of halogens is 1. The Labute approximate surface area is 117 Å². The zero-order chi connectivity index (χ0) is 14.5. The number of hydrogen-bond donors (Lipinski definition) is 2. The van der Waals surface area contributed by atoms with Crippen molar-refractivity contribution in [3.63, 3.8) is 0 Å². The van der Waals surface area contributed by atoms with Gasteiger partial charge in [-0.15, -0.1) is 0 Å². The molecular formula is C15H20FNO3. The normalized spacial score (nSPS) is 22.4. The summed E-state index contributed by atoms with van der Waals surface area (Å²) in [5, 5.41) is 11.9. The molecule has 2 N–H and O–H groups in total. The summed E-state index contributed by atoms with van der Waals surface area (Å²) in [5.41, 5.74) is 0.0371. The van der Waals surface area contributed by atoms with Crippen LogP contribution in [0.25, 0.3) is 0 Å². The lowest BCUT2D eigenvalue weighted by Crippen LogP contribution is -2.38. The van der Waals surface area contributed by atoms with Crippen LogP contribution in [-0.2, 0) is 0 Å². The second-order valence-corrected chi connectivity index (χ2v) is 5.22. The molecule has 0 spiro atoms. The predicted molar refractivity (Wildman–Crippen MR) is 73.3 cm³/mol. The lowest BCUT2D eigenvalue weighted by molar-refractivity contribution is 0.0910. The minimum absolute atomic E-state index is 0.0371. The summed E-state index contributed by atoms with van der Waals surface area (Å²) in [7, 11) is 1.45. The molecule has 1 aliphatic carbocycles. The van der Waals surface area contributed by atoms with E-state index in [9.17, 15) is 9.18 Å². The first kappa shape index (κ1) is 14.8. The first-order chi connectivity index (χ1) is 9.63. The highest BCUT2D eigenvalue weighted by Crippen LogP contribution is 2.24. The van der Waals surface area contributed by atoms with Crippen molar-refractivity contribution in [2.24, 2.45) is 5.92 Å². The zero-order valence-electron chi connectivity index (χ0n) is 11.6. The molecule has 0 aliphatic heterocycles. The van der Waals surface area contributed by atoms with Crippen LogP contribution in [0.4, 0.5) is 4.39 Å². The predicted octanol–water partition coefficient (Wildman–Crippen LogP) is 2.12. The van der Waals surface area contributed by atoms with E-state index in [-0.39, 0.29) is 18.2 Å². The molecule has 0 bridgehead atoms. The maximum absolute atomic E-state index is 13.8. The largest absolute Gasteiger partial charge is 0.497 e. The SMILES string of the molecule is COc1ccc(C(=O)NC2CCC(CO)CC2)c(F)c1. The van der Waals surface area contributed by atoms with Crippen molar-refractivity contribution in [3.8, 4) is 5.75 Å². The number of carbonyl (C=O) groups excluding carboxylic acids is 1. The van der Waals surface area contributed by atoms with Gasteiger partial charge in [-0.2, -0.15) is 0 Å². The molecule has 2 rings (SSSR count). The summed E-state index contributed by atoms with van der Waals surface area (Å²) in [6.45, 7) is 0.202. The maximum Gasteiger partial charge on any atom is 0.254 e. The Morgan fingerprint density at radius 2 is 2.10 bits per heavy atom. The van der Waals surface area contributed by atoms with Gasteiger partial charge in [-0.3, -0.25) is 4.79 Å². The standard InChI is InChI=1S/C15H20FNO3/c1-20-12-6-7-13(14(16)8-12)15(19)17-11-4-2-10(9-18)3-5-11/h6-8,10-11,18H,2-5,9H2,1H3,(H,17,19). The monoisotopic (exact) mass is 281 g/mol. The van der Waals surface area contributed by atoms with E-state index in [1.165, 1.54) is 19.2 Å². The van der Waals surface area contributed by atoms with Crippen LogP contribution in [0.2, 0.25) is 0 Å². The molecule has 0 heterocycles. The fraction of sp³-hybridized carbons (Fsp3) is 0.533. The summed E-state index contributed by atoms with van der Waals surface area (Å²) < 4.78 is 18.7. The molecule has 1 fully saturated rings. The Hall–Kier alpha value is -1.62. The van der Waals surface area contributed by atoms with E-state index in [4.69, 9.17) is 9.84 Å². The summed E-state index contributed by atoms with van der Waals surface area (Å²) >= 11 is 0. The van der Waals surface area contributed by atoms with Crippen LogP contribution in [0.1, 0.15) is 36.0 Å². The molecule has 1 aliphatic rings. The van der Waals surface area contributed by atoms with Gasteiger partial charge in [0.05, 0.1) is 12.7 Å². The van der Waals surface area contributed by atoms with Crippen LogP contribution in [0.15, 0.2) is 18.2 Å². The number of aliphatic hydroxyl groups is 1. The fourth-order valence-corrected chi connectivity index (χ4v) is 2.56. The third kappa shape index (κ3) is 3.48. The van der Waals surface area contributed by atoms with E-state index in [0.29, 0.717) is 11.7 Å². The van der Waals surface area contributed by atoms with Gasteiger partial charge in [0, 0.05) is 18.7 Å². The maximum atomic E-state index is 13.8. The van der Waals surface area contributed by atoms with Crippen molar-refractivity contribution in [1.29, 1.82) is 0 Å². The average Bonchev–Trinajstić information content (AvgIpc) is 2.47. The van der Waals surface area contributed by atoms with Crippen molar-refractivity contribution < 1.29 is 19.0 Å². The molecule has 20 heavy (non-hydrogen) atoms. The van der Waals surface area contributed by atoms with E-state index < -0.39 is 11.7 Å². The molecule has 0 radical (unpaired) electrons. The minimum atomic E-state index is -0.578. The summed E-state index contributed by atoms with van der Waals surface area (Å²) in [4.78, 5) is 12.0. The number of aliphatic hydroxyl groups excluding tert-OH is 1. The van der Waals surface area contributed by atoms with Crippen LogP contribution in [0.5, 0.6) is 5.75 Å². The summed E-state index contributed by atoms with van der Waals surface area (Å²) in [6.07, 6.45) is 3.45. The lowest BCUT2D eigenvalue weighted by atomic mass is 9.86. The number of rotatable bonds is 4. The van der Waals surface area contributed by atoms with Gasteiger partial charge in [0.1, 0.15) is 11.6 Å². The highest BCUT2D eigenvalue weighted by Gasteiger charge is 2.23. The molecule has 0 atom stereocenters. The quantitative estimate of drug-likeness (QED) is 0.888. The molecule has 1 aromatic carbocycles. The number of carbonyl (C=O) groups is 1. The third-order valence-electron chi connectivity index (χ3n) is 3.86. The van der Waals surface area contributed by atoms with E-state index in [1.807, 2.05) is 0 Å². The number of benzene rings is 1. The first-order valence-electron chi connectivity index (χ1n) is 6.89. The molecule has 0 saturated heterocycles. The van der Waals surface area contributed by atoms with E-state index in [2.05, 4.69) is 5.32 Å². The van der Waals surface area contributed by atoms with Gasteiger partial charge in [0.2, 0.25) is 0 Å². The van der Waals surface area contributed by atoms with Crippen LogP contribution in [0, 0.1) is 11.7 Å². The lowest BCUT2D eigenvalue weighted by Gasteiger charge is -2.28. The molecule has 1 aromatic rings. The van der Waals surface area contributed by atoms with E-state index in [1.54, 1.807) is 6.07 Å². The average molecular weight is 281 g/mol. The molecule has 0 aromatic heterocycles. The second kappa shape index (κ2) is 6.70. The Morgan fingerprint density at radius 3 is 2.65 bits per heavy atom. The van der Waals surface area contributed by atoms with Crippen molar-refractivity contribution in [2.75, 3.05) is 13.7 Å². The van der Waals surface area contributed by atoms with Gasteiger partial charge < -0.3 is 15.2 Å². The van der Waals surface area contributed by atoms with Crippen LogP contribution in [-0.4, -0.2) is 30.8 Å². The molecular weight excluding hydrogens is 261 g/mol. The number of amides is 1. The first-order valence-corrected chi connectivity index (χ1v) is 6.89. The second-order valence-electron chi connectivity index (χ2n) is 5.22. The van der Waals surface area contributed by atoms with Gasteiger partial charge >= 0.3 is 0 Å². The highest BCUT2D eigenvalue weighted by atomic mass is 19.1. The van der Waals surface area contributed by atoms with Gasteiger partial charge in [-0.1, -0.05) is 0 Å². The van der Waals surface area contributed by atoms with Crippen molar-refractivity contribution in [2.45, 2.75) is 31.7 Å². The van der Waals surface area contributed by atoms with Crippen LogP contribution in [0.3, 0.4) is 0 Å². The molecule has 1 amide bonds. The third-order valence-corrected chi connectivity index (χ3v) is 3.86. The minimum Gasteiger partial charge on any atom is -0.497 e.